The monoisotopic (exact) mass is 391 g/mol. The van der Waals surface area contributed by atoms with Crippen molar-refractivity contribution >= 4 is 5.91 Å². The average Bonchev–Trinajstić information content (AvgIpc) is 2.71. The van der Waals surface area contributed by atoms with Gasteiger partial charge in [-0.3, -0.25) is 9.63 Å². The maximum atomic E-state index is 13.0. The molecule has 2 aliphatic carbocycles. The van der Waals surface area contributed by atoms with Crippen LogP contribution in [0, 0.1) is 17.8 Å². The lowest BCUT2D eigenvalue weighted by atomic mass is 9.69. The molecule has 0 fully saturated rings. The van der Waals surface area contributed by atoms with E-state index in [2.05, 4.69) is 32.1 Å². The van der Waals surface area contributed by atoms with Gasteiger partial charge in [0.2, 0.25) is 5.91 Å². The van der Waals surface area contributed by atoms with Crippen LogP contribution >= 0.6 is 0 Å². The number of hydroxylamine groups is 2. The van der Waals surface area contributed by atoms with Gasteiger partial charge in [0, 0.05) is 26.0 Å². The van der Waals surface area contributed by atoms with E-state index in [1.54, 1.807) is 21.3 Å². The van der Waals surface area contributed by atoms with Gasteiger partial charge in [0.15, 0.2) is 0 Å². The van der Waals surface area contributed by atoms with Crippen molar-refractivity contribution in [3.05, 3.63) is 35.1 Å². The van der Waals surface area contributed by atoms with Gasteiger partial charge in [0.05, 0.1) is 26.2 Å². The molecule has 2 rings (SSSR count). The number of hydrogen-bond acceptors (Lipinski definition) is 4. The van der Waals surface area contributed by atoms with Crippen molar-refractivity contribution in [1.82, 2.24) is 5.06 Å². The SMILES string of the molecule is CCCCCC1=CC(OC)C([C@@H]2C=C(C)CC[C@H]2C(=O)N(C)OC)C(OC)=C1. The molecule has 4 atom stereocenters. The summed E-state index contributed by atoms with van der Waals surface area (Å²) in [6.45, 7) is 4.35. The Kier molecular flexibility index (Phi) is 8.77. The molecule has 0 aromatic heterocycles. The van der Waals surface area contributed by atoms with E-state index in [9.17, 15) is 4.79 Å². The highest BCUT2D eigenvalue weighted by Gasteiger charge is 2.43. The number of carbonyl (C=O) groups excluding carboxylic acids is 1. The number of nitrogens with zero attached hydrogens (tertiary/aromatic N) is 1. The average molecular weight is 392 g/mol. The Morgan fingerprint density at radius 1 is 1.21 bits per heavy atom. The summed E-state index contributed by atoms with van der Waals surface area (Å²) in [6, 6.07) is 0. The van der Waals surface area contributed by atoms with Crippen LogP contribution in [0.2, 0.25) is 0 Å². The van der Waals surface area contributed by atoms with Crippen LogP contribution in [0.3, 0.4) is 0 Å². The van der Waals surface area contributed by atoms with Gasteiger partial charge < -0.3 is 9.47 Å². The first-order valence-electron chi connectivity index (χ1n) is 10.4. The van der Waals surface area contributed by atoms with E-state index in [0.29, 0.717) is 0 Å². The van der Waals surface area contributed by atoms with Gasteiger partial charge in [-0.15, -0.1) is 0 Å². The fourth-order valence-electron chi connectivity index (χ4n) is 4.43. The largest absolute Gasteiger partial charge is 0.501 e. The summed E-state index contributed by atoms with van der Waals surface area (Å²) in [5.74, 6) is 0.779. The Labute approximate surface area is 170 Å². The zero-order chi connectivity index (χ0) is 20.7. The van der Waals surface area contributed by atoms with Gasteiger partial charge in [-0.2, -0.15) is 0 Å². The highest BCUT2D eigenvalue weighted by Crippen LogP contribution is 2.43. The van der Waals surface area contributed by atoms with Crippen molar-refractivity contribution in [3.63, 3.8) is 0 Å². The number of hydrogen-bond donors (Lipinski definition) is 0. The maximum absolute atomic E-state index is 13.0. The van der Waals surface area contributed by atoms with E-state index in [-0.39, 0.29) is 29.8 Å². The predicted molar refractivity (Wildman–Crippen MR) is 111 cm³/mol. The van der Waals surface area contributed by atoms with E-state index in [0.717, 1.165) is 25.0 Å². The third kappa shape index (κ3) is 5.26. The van der Waals surface area contributed by atoms with Crippen molar-refractivity contribution in [2.75, 3.05) is 28.4 Å². The van der Waals surface area contributed by atoms with Gasteiger partial charge in [-0.25, -0.2) is 5.06 Å². The summed E-state index contributed by atoms with van der Waals surface area (Å²) in [5.41, 5.74) is 2.58. The topological polar surface area (TPSA) is 48.0 Å². The van der Waals surface area contributed by atoms with Gasteiger partial charge in [-0.1, -0.05) is 37.5 Å². The molecule has 1 amide bonds. The molecule has 28 heavy (non-hydrogen) atoms. The first-order chi connectivity index (χ1) is 13.5. The standard InChI is InChI=1S/C23H37NO4/c1-7-8-9-10-17-14-20(26-4)22(21(15-17)27-5)19-13-16(2)11-12-18(19)23(25)24(3)28-6/h13-15,18-20,22H,7-12H2,1-6H3/t18-,19-,20?,22?/m1/s1. The van der Waals surface area contributed by atoms with Crippen LogP contribution in [-0.4, -0.2) is 45.5 Å². The Hall–Kier alpha value is -1.59. The van der Waals surface area contributed by atoms with E-state index in [1.807, 2.05) is 0 Å². The number of carbonyl (C=O) groups is 1. The molecule has 0 heterocycles. The molecule has 5 heteroatoms. The molecule has 5 nitrogen and oxygen atoms in total. The van der Waals surface area contributed by atoms with Crippen LogP contribution in [0.15, 0.2) is 35.1 Å². The number of allylic oxidation sites excluding steroid dienone is 4. The van der Waals surface area contributed by atoms with Crippen molar-refractivity contribution in [2.24, 2.45) is 17.8 Å². The van der Waals surface area contributed by atoms with Crippen molar-refractivity contribution in [2.45, 2.75) is 58.5 Å². The molecule has 2 unspecified atom stereocenters. The van der Waals surface area contributed by atoms with Crippen LogP contribution in [0.4, 0.5) is 0 Å². The lowest BCUT2D eigenvalue weighted by molar-refractivity contribution is -0.176. The van der Waals surface area contributed by atoms with E-state index >= 15 is 0 Å². The fraction of sp³-hybridized carbons (Fsp3) is 0.696. The molecular formula is C23H37NO4. The molecule has 0 radical (unpaired) electrons. The first-order valence-corrected chi connectivity index (χ1v) is 10.4. The summed E-state index contributed by atoms with van der Waals surface area (Å²) in [6.07, 6.45) is 12.9. The molecule has 0 aliphatic heterocycles. The van der Waals surface area contributed by atoms with Crippen LogP contribution in [0.5, 0.6) is 0 Å². The van der Waals surface area contributed by atoms with Crippen LogP contribution < -0.4 is 0 Å². The van der Waals surface area contributed by atoms with Crippen molar-refractivity contribution in [1.29, 1.82) is 0 Å². The van der Waals surface area contributed by atoms with Crippen LogP contribution in [-0.2, 0) is 19.1 Å². The van der Waals surface area contributed by atoms with Gasteiger partial charge in [-0.05, 0) is 44.3 Å². The van der Waals surface area contributed by atoms with Crippen LogP contribution in [0.25, 0.3) is 0 Å². The summed E-state index contributed by atoms with van der Waals surface area (Å²) in [4.78, 5) is 18.2. The first kappa shape index (κ1) is 22.7. The molecule has 2 aliphatic rings. The molecule has 0 spiro atoms. The Bertz CT molecular complexity index is 622. The summed E-state index contributed by atoms with van der Waals surface area (Å²) in [5, 5.41) is 1.35. The second-order valence-electron chi connectivity index (χ2n) is 7.93. The minimum Gasteiger partial charge on any atom is -0.501 e. The molecular weight excluding hydrogens is 354 g/mol. The second kappa shape index (κ2) is 10.8. The van der Waals surface area contributed by atoms with Crippen LogP contribution in [0.1, 0.15) is 52.4 Å². The number of methoxy groups -OCH3 is 2. The normalized spacial score (nSPS) is 27.6. The van der Waals surface area contributed by atoms with Gasteiger partial charge in [0.25, 0.3) is 0 Å². The van der Waals surface area contributed by atoms with Gasteiger partial charge in [0.1, 0.15) is 5.76 Å². The molecule has 0 saturated heterocycles. The minimum atomic E-state index is -0.148. The minimum absolute atomic E-state index is 0.0132. The summed E-state index contributed by atoms with van der Waals surface area (Å²) >= 11 is 0. The summed E-state index contributed by atoms with van der Waals surface area (Å²) < 4.78 is 11.7. The third-order valence-corrected chi connectivity index (χ3v) is 6.07. The van der Waals surface area contributed by atoms with E-state index in [4.69, 9.17) is 14.3 Å². The predicted octanol–water partition coefficient (Wildman–Crippen LogP) is 4.66. The molecule has 0 N–H and O–H groups in total. The molecule has 0 saturated carbocycles. The number of unbranched alkanes of at least 4 members (excludes halogenated alkanes) is 2. The molecule has 158 valence electrons. The Balaban J connectivity index is 2.34. The Morgan fingerprint density at radius 3 is 2.57 bits per heavy atom. The fourth-order valence-corrected chi connectivity index (χ4v) is 4.43. The number of amides is 1. The van der Waals surface area contributed by atoms with E-state index < -0.39 is 0 Å². The summed E-state index contributed by atoms with van der Waals surface area (Å²) in [7, 11) is 6.67. The van der Waals surface area contributed by atoms with Crippen molar-refractivity contribution in [3.8, 4) is 0 Å². The highest BCUT2D eigenvalue weighted by molar-refractivity contribution is 5.78. The van der Waals surface area contributed by atoms with Crippen molar-refractivity contribution < 1.29 is 19.1 Å². The lowest BCUT2D eigenvalue weighted by Crippen LogP contribution is -2.43. The third-order valence-electron chi connectivity index (χ3n) is 6.07. The quantitative estimate of drug-likeness (QED) is 0.326. The smallest absolute Gasteiger partial charge is 0.249 e. The highest BCUT2D eigenvalue weighted by atomic mass is 16.7. The number of ether oxygens (including phenoxy) is 2. The Morgan fingerprint density at radius 2 is 1.96 bits per heavy atom. The molecule has 0 aromatic carbocycles. The van der Waals surface area contributed by atoms with Gasteiger partial charge >= 0.3 is 0 Å². The lowest BCUT2D eigenvalue weighted by Gasteiger charge is -2.40. The maximum Gasteiger partial charge on any atom is 0.249 e. The molecule has 0 aromatic rings. The number of rotatable bonds is 9. The van der Waals surface area contributed by atoms with E-state index in [1.165, 1.54) is 42.6 Å². The zero-order valence-electron chi connectivity index (χ0n) is 18.4. The zero-order valence-corrected chi connectivity index (χ0v) is 18.4. The molecule has 0 bridgehead atoms. The second-order valence-corrected chi connectivity index (χ2v) is 7.93.